The van der Waals surface area contributed by atoms with Crippen LogP contribution >= 0.6 is 0 Å². The Kier molecular flexibility index (Phi) is 7.62. The summed E-state index contributed by atoms with van der Waals surface area (Å²) in [7, 11) is 0. The van der Waals surface area contributed by atoms with E-state index in [2.05, 4.69) is 14.8 Å². The van der Waals surface area contributed by atoms with Crippen LogP contribution in [0.4, 0.5) is 43.9 Å². The fourth-order valence-corrected chi connectivity index (χ4v) is 4.19. The summed E-state index contributed by atoms with van der Waals surface area (Å²) in [5, 5.41) is 7.01. The van der Waals surface area contributed by atoms with Crippen molar-refractivity contribution in [3.05, 3.63) is 70.4 Å². The lowest BCUT2D eigenvalue weighted by molar-refractivity contribution is -0.199. The number of ether oxygens (including phenoxy) is 1. The number of aryl methyl sites for hydroxylation is 1. The van der Waals surface area contributed by atoms with Gasteiger partial charge in [-0.05, 0) is 30.7 Å². The number of nitrogens with one attached hydrogen (secondary N) is 2. The number of benzene rings is 1. The van der Waals surface area contributed by atoms with Crippen LogP contribution in [0.1, 0.15) is 37.7 Å². The van der Waals surface area contributed by atoms with Crippen LogP contribution in [0, 0.1) is 12.7 Å². The minimum atomic E-state index is -5.46. The molecule has 1 atom stereocenters. The van der Waals surface area contributed by atoms with E-state index in [-0.39, 0.29) is 11.9 Å². The maximum atomic E-state index is 15.0. The molecule has 226 valence electrons. The summed E-state index contributed by atoms with van der Waals surface area (Å²) in [4.78, 5) is 30.0. The van der Waals surface area contributed by atoms with Gasteiger partial charge in [0.05, 0.1) is 11.3 Å². The van der Waals surface area contributed by atoms with Gasteiger partial charge in [0.15, 0.2) is 18.0 Å². The molecule has 18 heteroatoms. The minimum absolute atomic E-state index is 0.241. The van der Waals surface area contributed by atoms with Crippen LogP contribution in [0.15, 0.2) is 36.5 Å². The largest absolute Gasteiger partial charge is 0.484 e. The quantitative estimate of drug-likeness (QED) is 0.394. The van der Waals surface area contributed by atoms with Crippen molar-refractivity contribution < 1.29 is 58.2 Å². The highest BCUT2D eigenvalue weighted by Gasteiger charge is 2.61. The number of fused-ring (bicyclic) bond motifs is 1. The van der Waals surface area contributed by atoms with E-state index in [1.165, 1.54) is 23.6 Å². The number of aromatic nitrogens is 3. The molecule has 1 aliphatic heterocycles. The van der Waals surface area contributed by atoms with Crippen molar-refractivity contribution in [3.63, 3.8) is 0 Å². The molecule has 0 unspecified atom stereocenters. The van der Waals surface area contributed by atoms with Crippen LogP contribution in [0.5, 0.6) is 5.75 Å². The summed E-state index contributed by atoms with van der Waals surface area (Å²) in [6.45, 7) is -2.10. The zero-order chi connectivity index (χ0) is 31.3. The average Bonchev–Trinajstić information content (AvgIpc) is 3.25. The van der Waals surface area contributed by atoms with Gasteiger partial charge in [-0.3, -0.25) is 9.59 Å². The zero-order valence-electron chi connectivity index (χ0n) is 20.9. The van der Waals surface area contributed by atoms with Crippen LogP contribution in [0.2, 0.25) is 0 Å². The number of nitrogens with zero attached hydrogens (tertiary/aromatic N) is 3. The molecular weight excluding hydrogens is 596 g/mol. The summed E-state index contributed by atoms with van der Waals surface area (Å²) in [5.41, 5.74) is -6.61. The lowest BCUT2D eigenvalue weighted by atomic mass is 9.80. The SMILES string of the molecule is Cc1ccc(-n2nc3c(c2C(=O)NCC(F)(F)F)C(=O)N[C@@](c2ccc(OCC(F)(F)F)cc2F)(C(F)(F)F)C3)nc1. The van der Waals surface area contributed by atoms with Gasteiger partial charge >= 0.3 is 18.5 Å². The first-order valence-electron chi connectivity index (χ1n) is 11.6. The third-order valence-electron chi connectivity index (χ3n) is 6.01. The predicted molar refractivity (Wildman–Crippen MR) is 121 cm³/mol. The molecule has 1 aliphatic rings. The number of hydrogen-bond donors (Lipinski definition) is 2. The molecule has 2 N–H and O–H groups in total. The number of carbonyl (C=O) groups excluding carboxylic acids is 2. The molecule has 42 heavy (non-hydrogen) atoms. The van der Waals surface area contributed by atoms with Gasteiger partial charge < -0.3 is 15.4 Å². The van der Waals surface area contributed by atoms with Crippen molar-refractivity contribution >= 4 is 11.8 Å². The number of alkyl halides is 9. The Labute approximate surface area is 228 Å². The number of rotatable bonds is 6. The summed E-state index contributed by atoms with van der Waals surface area (Å²) in [6, 6.07) is 4.04. The second-order valence-electron chi connectivity index (χ2n) is 9.15. The third-order valence-corrected chi connectivity index (χ3v) is 6.01. The van der Waals surface area contributed by atoms with Gasteiger partial charge in [0.2, 0.25) is 0 Å². The summed E-state index contributed by atoms with van der Waals surface area (Å²) in [6.07, 6.45) is -15.3. The number of hydrogen-bond acceptors (Lipinski definition) is 5. The molecule has 3 aromatic rings. The highest BCUT2D eigenvalue weighted by molar-refractivity contribution is 6.08. The number of amides is 2. The summed E-state index contributed by atoms with van der Waals surface area (Å²) >= 11 is 0. The standard InChI is InChI=1S/C24H17F10N5O3/c1-11-2-5-16(35-8-11)39-18(20(41)36-9-22(26,27)28)17-15(38-39)7-21(24(32,33)34,37-19(17)40)13-4-3-12(6-14(13)25)42-10-23(29,30)31/h2-6,8H,7,9-10H2,1H3,(H,36,41)(H,37,40)/t21-/m0/s1. The molecule has 4 rings (SSSR count). The molecule has 0 saturated heterocycles. The number of pyridine rings is 1. The Balaban J connectivity index is 1.84. The van der Waals surface area contributed by atoms with Crippen molar-refractivity contribution in [1.29, 1.82) is 0 Å². The maximum absolute atomic E-state index is 15.0. The van der Waals surface area contributed by atoms with E-state index >= 15 is 4.39 Å². The average molecular weight is 613 g/mol. The molecule has 0 bridgehead atoms. The minimum Gasteiger partial charge on any atom is -0.484 e. The second-order valence-corrected chi connectivity index (χ2v) is 9.15. The Hall–Kier alpha value is -4.38. The van der Waals surface area contributed by atoms with Gasteiger partial charge in [-0.2, -0.15) is 44.6 Å². The molecule has 0 fully saturated rings. The van der Waals surface area contributed by atoms with E-state index in [4.69, 9.17) is 0 Å². The van der Waals surface area contributed by atoms with E-state index in [1.54, 1.807) is 12.2 Å². The smallest absolute Gasteiger partial charge is 0.422 e. The normalized spacial score (nSPS) is 17.5. The van der Waals surface area contributed by atoms with Crippen LogP contribution in [-0.2, 0) is 12.0 Å². The Morgan fingerprint density at radius 3 is 2.31 bits per heavy atom. The molecule has 2 amide bonds. The van der Waals surface area contributed by atoms with E-state index in [9.17, 15) is 49.1 Å². The van der Waals surface area contributed by atoms with Crippen LogP contribution in [0.3, 0.4) is 0 Å². The van der Waals surface area contributed by atoms with Gasteiger partial charge in [0, 0.05) is 24.2 Å². The highest BCUT2D eigenvalue weighted by Crippen LogP contribution is 2.46. The Bertz CT molecular complexity index is 1510. The van der Waals surface area contributed by atoms with Crippen molar-refractivity contribution in [1.82, 2.24) is 25.4 Å². The fraction of sp³-hybridized carbons (Fsp3) is 0.333. The van der Waals surface area contributed by atoms with Gasteiger partial charge in [0.25, 0.3) is 11.8 Å². The number of carbonyl (C=O) groups is 2. The van der Waals surface area contributed by atoms with E-state index < -0.39 is 89.5 Å². The van der Waals surface area contributed by atoms with Crippen molar-refractivity contribution in [3.8, 4) is 11.6 Å². The van der Waals surface area contributed by atoms with Crippen LogP contribution < -0.4 is 15.4 Å². The topological polar surface area (TPSA) is 98.1 Å². The third kappa shape index (κ3) is 6.11. The van der Waals surface area contributed by atoms with Gasteiger partial charge in [-0.15, -0.1) is 0 Å². The molecule has 0 aliphatic carbocycles. The first-order chi connectivity index (χ1) is 19.3. The molecule has 8 nitrogen and oxygen atoms in total. The van der Waals surface area contributed by atoms with E-state index in [1.807, 2.05) is 0 Å². The number of halogens is 10. The molecule has 0 radical (unpaired) electrons. The van der Waals surface area contributed by atoms with Crippen molar-refractivity contribution in [2.24, 2.45) is 0 Å². The first kappa shape index (κ1) is 30.6. The lowest BCUT2D eigenvalue weighted by Gasteiger charge is -2.39. The Morgan fingerprint density at radius 2 is 1.76 bits per heavy atom. The fourth-order valence-electron chi connectivity index (χ4n) is 4.19. The van der Waals surface area contributed by atoms with Gasteiger partial charge in [-0.25, -0.2) is 14.1 Å². The Morgan fingerprint density at radius 1 is 1.07 bits per heavy atom. The van der Waals surface area contributed by atoms with Crippen LogP contribution in [0.25, 0.3) is 5.82 Å². The molecule has 0 spiro atoms. The first-order valence-corrected chi connectivity index (χ1v) is 11.6. The predicted octanol–water partition coefficient (Wildman–Crippen LogP) is 4.69. The van der Waals surface area contributed by atoms with Crippen molar-refractivity contribution in [2.75, 3.05) is 13.2 Å². The summed E-state index contributed by atoms with van der Waals surface area (Å²) in [5.74, 6) is -5.85. The van der Waals surface area contributed by atoms with Gasteiger partial charge in [-0.1, -0.05) is 6.07 Å². The highest BCUT2D eigenvalue weighted by atomic mass is 19.4. The molecule has 3 heterocycles. The molecule has 0 saturated carbocycles. The van der Waals surface area contributed by atoms with E-state index in [0.717, 1.165) is 0 Å². The molecule has 1 aromatic carbocycles. The van der Waals surface area contributed by atoms with Gasteiger partial charge in [0.1, 0.15) is 23.8 Å². The maximum Gasteiger partial charge on any atom is 0.422 e. The molecule has 2 aromatic heterocycles. The van der Waals surface area contributed by atoms with Crippen LogP contribution in [-0.4, -0.2) is 58.3 Å². The summed E-state index contributed by atoms with van der Waals surface area (Å²) < 4.78 is 139. The zero-order valence-corrected chi connectivity index (χ0v) is 20.9. The van der Waals surface area contributed by atoms with Crippen molar-refractivity contribution in [2.45, 2.75) is 37.4 Å². The second kappa shape index (κ2) is 10.5. The van der Waals surface area contributed by atoms with E-state index in [0.29, 0.717) is 22.4 Å². The lowest BCUT2D eigenvalue weighted by Crippen LogP contribution is -2.60. The monoisotopic (exact) mass is 613 g/mol. The molecular formula is C24H17F10N5O3.